The summed E-state index contributed by atoms with van der Waals surface area (Å²) >= 11 is 1.53. The highest BCUT2D eigenvalue weighted by Crippen LogP contribution is 2.29. The third-order valence-corrected chi connectivity index (χ3v) is 6.31. The van der Waals surface area contributed by atoms with Gasteiger partial charge in [0.25, 0.3) is 5.91 Å². The van der Waals surface area contributed by atoms with Crippen LogP contribution in [0.3, 0.4) is 0 Å². The van der Waals surface area contributed by atoms with Gasteiger partial charge in [0.15, 0.2) is 6.10 Å². The van der Waals surface area contributed by atoms with E-state index < -0.39 is 12.1 Å². The first-order valence-corrected chi connectivity index (χ1v) is 11.1. The fraction of sp³-hybridized carbons (Fsp3) is 0.500. The lowest BCUT2D eigenvalue weighted by Crippen LogP contribution is -2.40. The van der Waals surface area contributed by atoms with Crippen LogP contribution in [0, 0.1) is 13.8 Å². The maximum absolute atomic E-state index is 12.8. The number of carbonyl (C=O) groups excluding carboxylic acids is 2. The third kappa shape index (κ3) is 5.41. The van der Waals surface area contributed by atoms with E-state index in [1.807, 2.05) is 30.9 Å². The number of hydrogen-bond donors (Lipinski definition) is 0. The number of rotatable bonds is 6. The zero-order valence-electron chi connectivity index (χ0n) is 17.3. The maximum atomic E-state index is 12.8. The highest BCUT2D eigenvalue weighted by atomic mass is 32.2. The SMILES string of the molecule is Cc1noc(C)c1CSc1ccccc1C(=O)OC(C)C(=O)N1CCCCCC1. The topological polar surface area (TPSA) is 72.6 Å². The summed E-state index contributed by atoms with van der Waals surface area (Å²) in [7, 11) is 0. The summed E-state index contributed by atoms with van der Waals surface area (Å²) in [4.78, 5) is 28.1. The smallest absolute Gasteiger partial charge is 0.340 e. The molecule has 6 nitrogen and oxygen atoms in total. The van der Waals surface area contributed by atoms with Crippen LogP contribution in [0.25, 0.3) is 0 Å². The average molecular weight is 417 g/mol. The lowest BCUT2D eigenvalue weighted by Gasteiger charge is -2.24. The second-order valence-corrected chi connectivity index (χ2v) is 8.39. The van der Waals surface area contributed by atoms with Crippen LogP contribution >= 0.6 is 11.8 Å². The van der Waals surface area contributed by atoms with Gasteiger partial charge in [-0.25, -0.2) is 4.79 Å². The van der Waals surface area contributed by atoms with E-state index in [1.165, 1.54) is 11.8 Å². The van der Waals surface area contributed by atoms with Crippen LogP contribution in [0.2, 0.25) is 0 Å². The van der Waals surface area contributed by atoms with Gasteiger partial charge < -0.3 is 14.2 Å². The van der Waals surface area contributed by atoms with Crippen molar-refractivity contribution in [2.75, 3.05) is 13.1 Å². The number of hydrogen-bond acceptors (Lipinski definition) is 6. The number of aromatic nitrogens is 1. The Morgan fingerprint density at radius 2 is 1.86 bits per heavy atom. The van der Waals surface area contributed by atoms with Gasteiger partial charge in [-0.05, 0) is 45.7 Å². The minimum absolute atomic E-state index is 0.110. The Morgan fingerprint density at radius 1 is 1.17 bits per heavy atom. The van der Waals surface area contributed by atoms with E-state index in [0.717, 1.165) is 60.7 Å². The van der Waals surface area contributed by atoms with E-state index in [9.17, 15) is 9.59 Å². The van der Waals surface area contributed by atoms with Crippen molar-refractivity contribution >= 4 is 23.6 Å². The largest absolute Gasteiger partial charge is 0.449 e. The molecule has 1 aromatic heterocycles. The van der Waals surface area contributed by atoms with Crippen LogP contribution in [0.15, 0.2) is 33.7 Å². The Balaban J connectivity index is 1.65. The zero-order valence-corrected chi connectivity index (χ0v) is 18.1. The first-order chi connectivity index (χ1) is 14.0. The van der Waals surface area contributed by atoms with E-state index in [1.54, 1.807) is 19.1 Å². The Hall–Kier alpha value is -2.28. The number of thioether (sulfide) groups is 1. The van der Waals surface area contributed by atoms with Gasteiger partial charge in [0.2, 0.25) is 0 Å². The van der Waals surface area contributed by atoms with Gasteiger partial charge in [0.05, 0.1) is 11.3 Å². The van der Waals surface area contributed by atoms with Gasteiger partial charge in [0, 0.05) is 29.3 Å². The number of aryl methyl sites for hydroxylation is 2. The molecule has 156 valence electrons. The molecular weight excluding hydrogens is 388 g/mol. The number of esters is 1. The van der Waals surface area contributed by atoms with Crippen LogP contribution < -0.4 is 0 Å². The predicted octanol–water partition coefficient (Wildman–Crippen LogP) is 4.53. The maximum Gasteiger partial charge on any atom is 0.340 e. The van der Waals surface area contributed by atoms with Crippen LogP contribution in [0.1, 0.15) is 60.0 Å². The van der Waals surface area contributed by atoms with Crippen molar-refractivity contribution in [3.8, 4) is 0 Å². The molecule has 0 saturated carbocycles. The molecule has 1 aliphatic rings. The summed E-state index contributed by atoms with van der Waals surface area (Å²) in [5.74, 6) is 0.851. The molecular formula is C22H28N2O4S. The van der Waals surface area contributed by atoms with E-state index in [4.69, 9.17) is 9.26 Å². The van der Waals surface area contributed by atoms with Gasteiger partial charge in [-0.15, -0.1) is 11.8 Å². The zero-order chi connectivity index (χ0) is 20.8. The molecule has 29 heavy (non-hydrogen) atoms. The van der Waals surface area contributed by atoms with Crippen LogP contribution in [0.4, 0.5) is 0 Å². The number of benzene rings is 1. The fourth-order valence-corrected chi connectivity index (χ4v) is 4.64. The molecule has 2 heterocycles. The Bertz CT molecular complexity index is 837. The highest BCUT2D eigenvalue weighted by molar-refractivity contribution is 7.98. The molecule has 0 spiro atoms. The van der Waals surface area contributed by atoms with Crippen molar-refractivity contribution in [3.05, 3.63) is 46.8 Å². The molecule has 1 saturated heterocycles. The molecule has 0 radical (unpaired) electrons. The predicted molar refractivity (Wildman–Crippen MR) is 112 cm³/mol. The van der Waals surface area contributed by atoms with Crippen molar-refractivity contribution in [3.63, 3.8) is 0 Å². The minimum atomic E-state index is -0.791. The molecule has 1 aromatic carbocycles. The second kappa shape index (κ2) is 9.96. The summed E-state index contributed by atoms with van der Waals surface area (Å²) in [6.07, 6.45) is 3.52. The summed E-state index contributed by atoms with van der Waals surface area (Å²) in [5, 5.41) is 3.97. The monoisotopic (exact) mass is 416 g/mol. The molecule has 1 aliphatic heterocycles. The Labute approximate surface area is 176 Å². The summed E-state index contributed by atoms with van der Waals surface area (Å²) < 4.78 is 10.8. The first kappa shape index (κ1) is 21.4. The molecule has 0 bridgehead atoms. The summed E-state index contributed by atoms with van der Waals surface area (Å²) in [6, 6.07) is 7.32. The molecule has 1 amide bonds. The highest BCUT2D eigenvalue weighted by Gasteiger charge is 2.26. The lowest BCUT2D eigenvalue weighted by molar-refractivity contribution is -0.139. The molecule has 0 aliphatic carbocycles. The van der Waals surface area contributed by atoms with E-state index in [0.29, 0.717) is 11.3 Å². The van der Waals surface area contributed by atoms with Crippen LogP contribution in [-0.4, -0.2) is 41.1 Å². The molecule has 2 aromatic rings. The molecule has 1 atom stereocenters. The molecule has 1 fully saturated rings. The van der Waals surface area contributed by atoms with E-state index >= 15 is 0 Å². The van der Waals surface area contributed by atoms with Crippen molar-refractivity contribution in [1.29, 1.82) is 0 Å². The Morgan fingerprint density at radius 3 is 2.52 bits per heavy atom. The van der Waals surface area contributed by atoms with Gasteiger partial charge in [-0.1, -0.05) is 30.1 Å². The van der Waals surface area contributed by atoms with Gasteiger partial charge in [-0.2, -0.15) is 0 Å². The van der Waals surface area contributed by atoms with Crippen molar-refractivity contribution in [2.45, 2.75) is 63.2 Å². The van der Waals surface area contributed by atoms with E-state index in [-0.39, 0.29) is 5.91 Å². The molecule has 3 rings (SSSR count). The number of nitrogens with zero attached hydrogens (tertiary/aromatic N) is 2. The average Bonchev–Trinajstić information content (AvgIpc) is 2.91. The van der Waals surface area contributed by atoms with Gasteiger partial charge in [0.1, 0.15) is 5.76 Å². The third-order valence-electron chi connectivity index (χ3n) is 5.21. The van der Waals surface area contributed by atoms with Crippen molar-refractivity contribution in [1.82, 2.24) is 10.1 Å². The lowest BCUT2D eigenvalue weighted by atomic mass is 10.2. The van der Waals surface area contributed by atoms with Gasteiger partial charge >= 0.3 is 5.97 Å². The summed E-state index contributed by atoms with van der Waals surface area (Å²) in [6.45, 7) is 6.93. The van der Waals surface area contributed by atoms with Crippen molar-refractivity contribution in [2.24, 2.45) is 0 Å². The molecule has 0 N–H and O–H groups in total. The van der Waals surface area contributed by atoms with Crippen LogP contribution in [0.5, 0.6) is 0 Å². The fourth-order valence-electron chi connectivity index (χ4n) is 3.44. The summed E-state index contributed by atoms with van der Waals surface area (Å²) in [5.41, 5.74) is 2.36. The standard InChI is InChI=1S/C22H28N2O4S/c1-15-19(16(2)28-23-15)14-29-20-11-7-6-10-18(20)22(26)27-17(3)21(25)24-12-8-4-5-9-13-24/h6-7,10-11,17H,4-5,8-9,12-14H2,1-3H3. The number of amides is 1. The molecule has 7 heteroatoms. The minimum Gasteiger partial charge on any atom is -0.449 e. The first-order valence-electron chi connectivity index (χ1n) is 10.1. The quantitative estimate of drug-likeness (QED) is 0.509. The normalized spacial score (nSPS) is 15.6. The Kier molecular flexibility index (Phi) is 7.36. The number of carbonyl (C=O) groups is 2. The van der Waals surface area contributed by atoms with Crippen molar-refractivity contribution < 1.29 is 18.8 Å². The second-order valence-electron chi connectivity index (χ2n) is 7.37. The number of likely N-dealkylation sites (tertiary alicyclic amines) is 1. The molecule has 1 unspecified atom stereocenters. The van der Waals surface area contributed by atoms with Gasteiger partial charge in [-0.3, -0.25) is 4.79 Å². The van der Waals surface area contributed by atoms with Crippen LogP contribution in [-0.2, 0) is 15.3 Å². The number of ether oxygens (including phenoxy) is 1. The van der Waals surface area contributed by atoms with E-state index in [2.05, 4.69) is 5.16 Å².